The van der Waals surface area contributed by atoms with Crippen LogP contribution in [0, 0.1) is 0 Å². The topological polar surface area (TPSA) is 55.1 Å². The summed E-state index contributed by atoms with van der Waals surface area (Å²) < 4.78 is 7.80. The summed E-state index contributed by atoms with van der Waals surface area (Å²) in [5, 5.41) is 3.51. The van der Waals surface area contributed by atoms with Crippen molar-refractivity contribution in [2.24, 2.45) is 0 Å². The number of unbranched alkanes of at least 4 members (excludes halogenated alkanes) is 5. The third-order valence-electron chi connectivity index (χ3n) is 7.26. The van der Waals surface area contributed by atoms with Gasteiger partial charge in [-0.15, -0.1) is 0 Å². The van der Waals surface area contributed by atoms with Gasteiger partial charge in [-0.1, -0.05) is 112 Å². The number of hydrogen-bond donors (Lipinski definition) is 1. The van der Waals surface area contributed by atoms with Crippen molar-refractivity contribution in [3.8, 4) is 17.0 Å². The van der Waals surface area contributed by atoms with Gasteiger partial charge >= 0.3 is 11.7 Å². The average Bonchev–Trinajstić information content (AvgIpc) is 3.29. The van der Waals surface area contributed by atoms with Crippen molar-refractivity contribution in [1.29, 1.82) is 0 Å². The zero-order valence-corrected chi connectivity index (χ0v) is 22.8. The lowest BCUT2D eigenvalue weighted by molar-refractivity contribution is -0.552. The van der Waals surface area contributed by atoms with Crippen molar-refractivity contribution in [3.05, 3.63) is 108 Å². The predicted octanol–water partition coefficient (Wildman–Crippen LogP) is 7.04. The van der Waals surface area contributed by atoms with Crippen molar-refractivity contribution in [2.75, 3.05) is 11.9 Å². The highest BCUT2D eigenvalue weighted by atomic mass is 16.5. The van der Waals surface area contributed by atoms with Crippen molar-refractivity contribution < 1.29 is 14.1 Å². The van der Waals surface area contributed by atoms with Gasteiger partial charge in [0.15, 0.2) is 6.04 Å². The molecule has 39 heavy (non-hydrogen) atoms. The second kappa shape index (κ2) is 13.2. The van der Waals surface area contributed by atoms with E-state index in [4.69, 9.17) is 9.72 Å². The predicted molar refractivity (Wildman–Crippen MR) is 156 cm³/mol. The number of anilines is 1. The van der Waals surface area contributed by atoms with Crippen LogP contribution in [-0.2, 0) is 12.8 Å². The van der Waals surface area contributed by atoms with E-state index in [-0.39, 0.29) is 11.9 Å². The maximum absolute atomic E-state index is 13.6. The highest BCUT2D eigenvalue weighted by Crippen LogP contribution is 2.25. The first-order valence-corrected chi connectivity index (χ1v) is 14.3. The largest absolute Gasteiger partial charge is 0.494 e. The zero-order chi connectivity index (χ0) is 26.9. The second-order valence-corrected chi connectivity index (χ2v) is 10.3. The zero-order valence-electron chi connectivity index (χ0n) is 22.8. The Bertz CT molecular complexity index is 1370. The lowest BCUT2D eigenvalue weighted by Gasteiger charge is -2.09. The number of aromatic nitrogens is 2. The number of rotatable bonds is 13. The molecule has 0 saturated carbocycles. The van der Waals surface area contributed by atoms with Gasteiger partial charge in [-0.3, -0.25) is 5.32 Å². The van der Waals surface area contributed by atoms with Crippen LogP contribution < -0.4 is 14.6 Å². The van der Waals surface area contributed by atoms with E-state index >= 15 is 0 Å². The molecule has 5 nitrogen and oxygen atoms in total. The van der Waals surface area contributed by atoms with Crippen molar-refractivity contribution in [1.82, 2.24) is 4.98 Å². The van der Waals surface area contributed by atoms with Gasteiger partial charge in [0.2, 0.25) is 0 Å². The Morgan fingerprint density at radius 1 is 0.846 bits per heavy atom. The summed E-state index contributed by atoms with van der Waals surface area (Å²) in [4.78, 5) is 18.6. The van der Waals surface area contributed by atoms with E-state index in [0.717, 1.165) is 52.7 Å². The molecule has 1 aromatic heterocycles. The molecule has 1 aliphatic rings. The minimum atomic E-state index is -0.360. The molecular formula is C34H38N3O2+. The lowest BCUT2D eigenvalue weighted by atomic mass is 10.1. The number of nitrogens with zero attached hydrogens (tertiary/aromatic N) is 2. The molecule has 5 heteroatoms. The fourth-order valence-electron chi connectivity index (χ4n) is 5.14. The summed E-state index contributed by atoms with van der Waals surface area (Å²) in [7, 11) is 0. The van der Waals surface area contributed by atoms with Crippen LogP contribution in [-0.4, -0.2) is 23.5 Å². The minimum absolute atomic E-state index is 0.0392. The molecule has 0 fully saturated rings. The quantitative estimate of drug-likeness (QED) is 0.152. The summed E-state index contributed by atoms with van der Waals surface area (Å²) in [5.74, 6) is 1.69. The number of carbonyl (C=O) groups excluding carboxylic acids is 1. The van der Waals surface area contributed by atoms with Crippen LogP contribution in [0.5, 0.6) is 5.75 Å². The minimum Gasteiger partial charge on any atom is -0.494 e. The molecule has 3 aromatic carbocycles. The van der Waals surface area contributed by atoms with Gasteiger partial charge in [0.25, 0.3) is 0 Å². The number of ether oxygens (including phenoxy) is 1. The third-order valence-corrected chi connectivity index (χ3v) is 7.26. The first-order valence-electron chi connectivity index (χ1n) is 14.3. The molecule has 4 aromatic rings. The van der Waals surface area contributed by atoms with E-state index in [1.54, 1.807) is 4.57 Å². The normalized spacial score (nSPS) is 14.2. The Kier molecular flexibility index (Phi) is 9.00. The molecule has 0 spiro atoms. The van der Waals surface area contributed by atoms with Crippen molar-refractivity contribution >= 4 is 11.7 Å². The molecule has 1 atom stereocenters. The van der Waals surface area contributed by atoms with Crippen LogP contribution in [0.3, 0.4) is 0 Å². The molecule has 0 amide bonds. The van der Waals surface area contributed by atoms with Crippen LogP contribution in [0.25, 0.3) is 11.3 Å². The van der Waals surface area contributed by atoms with E-state index in [1.165, 1.54) is 32.1 Å². The third kappa shape index (κ3) is 6.91. The number of nitrogens with one attached hydrogen (secondary N) is 1. The van der Waals surface area contributed by atoms with Gasteiger partial charge in [-0.25, -0.2) is 9.78 Å². The summed E-state index contributed by atoms with van der Waals surface area (Å²) in [6.45, 7) is 2.97. The van der Waals surface area contributed by atoms with Crippen molar-refractivity contribution in [3.63, 3.8) is 0 Å². The maximum atomic E-state index is 13.6. The molecular weight excluding hydrogens is 482 g/mol. The van der Waals surface area contributed by atoms with E-state index < -0.39 is 0 Å². The Morgan fingerprint density at radius 2 is 1.56 bits per heavy atom. The molecule has 1 N–H and O–H groups in total. The molecule has 1 unspecified atom stereocenters. The standard InChI is InChI=1S/C34H37N3O2/c1-2-3-4-5-6-13-21-39-29-20-14-17-27(22-29)24-31-34(38)37-25-32(28-18-11-8-12-19-28)35-30(33(37)36-31)23-26-15-9-7-10-16-26/h7-12,14-20,22,25,31H,2-6,13,21,23-24H2,1H3/p+1. The maximum Gasteiger partial charge on any atom is 0.359 e. The van der Waals surface area contributed by atoms with E-state index in [2.05, 4.69) is 36.5 Å². The van der Waals surface area contributed by atoms with Crippen LogP contribution in [0.1, 0.15) is 67.1 Å². The summed E-state index contributed by atoms with van der Waals surface area (Å²) >= 11 is 0. The Balaban J connectivity index is 1.30. The van der Waals surface area contributed by atoms with Gasteiger partial charge < -0.3 is 4.74 Å². The monoisotopic (exact) mass is 520 g/mol. The van der Waals surface area contributed by atoms with Crippen LogP contribution in [0.15, 0.2) is 91.1 Å². The highest BCUT2D eigenvalue weighted by molar-refractivity contribution is 5.82. The van der Waals surface area contributed by atoms with Gasteiger partial charge in [-0.2, -0.15) is 4.57 Å². The molecule has 1 aliphatic heterocycles. The van der Waals surface area contributed by atoms with Crippen LogP contribution in [0.2, 0.25) is 0 Å². The van der Waals surface area contributed by atoms with Crippen molar-refractivity contribution in [2.45, 2.75) is 64.3 Å². The summed E-state index contributed by atoms with van der Waals surface area (Å²) in [6.07, 6.45) is 10.5. The van der Waals surface area contributed by atoms with E-state index in [0.29, 0.717) is 12.8 Å². The summed E-state index contributed by atoms with van der Waals surface area (Å²) in [5.41, 5.74) is 4.90. The van der Waals surface area contributed by atoms with Gasteiger partial charge in [-0.05, 0) is 29.7 Å². The number of fused-ring (bicyclic) bond motifs is 1. The Hall–Kier alpha value is -3.99. The van der Waals surface area contributed by atoms with E-state index in [9.17, 15) is 4.79 Å². The molecule has 2 heterocycles. The molecule has 0 saturated heterocycles. The second-order valence-electron chi connectivity index (χ2n) is 10.3. The van der Waals surface area contributed by atoms with Crippen LogP contribution >= 0.6 is 0 Å². The van der Waals surface area contributed by atoms with Gasteiger partial charge in [0, 0.05) is 18.4 Å². The number of carbonyl (C=O) groups is 1. The molecule has 0 radical (unpaired) electrons. The fourth-order valence-corrected chi connectivity index (χ4v) is 5.14. The highest BCUT2D eigenvalue weighted by Gasteiger charge is 2.41. The molecule has 0 bridgehead atoms. The fraction of sp³-hybridized carbons (Fsp3) is 0.324. The van der Waals surface area contributed by atoms with E-state index in [1.807, 2.05) is 66.9 Å². The first kappa shape index (κ1) is 26.6. The number of benzene rings is 3. The molecule has 200 valence electrons. The van der Waals surface area contributed by atoms with Crippen LogP contribution in [0.4, 0.5) is 5.82 Å². The Morgan fingerprint density at radius 3 is 2.36 bits per heavy atom. The smallest absolute Gasteiger partial charge is 0.359 e. The number of hydrogen-bond acceptors (Lipinski definition) is 4. The lowest BCUT2D eigenvalue weighted by Crippen LogP contribution is -2.44. The van der Waals surface area contributed by atoms with Gasteiger partial charge in [0.05, 0.1) is 6.61 Å². The average molecular weight is 521 g/mol. The van der Waals surface area contributed by atoms with Gasteiger partial charge in [0.1, 0.15) is 23.3 Å². The summed E-state index contributed by atoms with van der Waals surface area (Å²) in [6, 6.07) is 28.1. The SMILES string of the molecule is CCCCCCCCOc1cccc(CC2Nc3c(Cc4ccccc4)nc(-c4ccccc4)c[n+]3C2=O)c1. The molecule has 5 rings (SSSR count). The molecule has 0 aliphatic carbocycles. The first-order chi connectivity index (χ1) is 19.2. The Labute approximate surface area is 231 Å².